The molecule has 0 saturated carbocycles. The number of sulfone groups is 1. The van der Waals surface area contributed by atoms with Crippen molar-refractivity contribution in [2.45, 2.75) is 11.3 Å². The molecule has 1 heterocycles. The molecule has 2 aromatic carbocycles. The van der Waals surface area contributed by atoms with Crippen LogP contribution in [0.1, 0.15) is 17.0 Å². The highest BCUT2D eigenvalue weighted by atomic mass is 32.2. The average Bonchev–Trinajstić information content (AvgIpc) is 3.23. The van der Waals surface area contributed by atoms with E-state index in [0.717, 1.165) is 0 Å². The molecule has 7 nitrogen and oxygen atoms in total. The van der Waals surface area contributed by atoms with E-state index in [1.54, 1.807) is 48.5 Å². The topological polar surface area (TPSA) is 105 Å². The molecule has 3 aromatic rings. The van der Waals surface area contributed by atoms with Crippen LogP contribution in [0.3, 0.4) is 0 Å². The van der Waals surface area contributed by atoms with E-state index >= 15 is 0 Å². The number of rotatable bonds is 7. The standard InChI is InChI=1S/C20H18N2O5S/c23-19(11-13-28(25,26)17-8-2-1-3-9-17)21-15-6-4-7-16(14-15)22-20(24)18-10-5-12-27-18/h1-10,12,14H,11,13H2,(H,21,23)(H,22,24). The predicted molar refractivity (Wildman–Crippen MR) is 105 cm³/mol. The molecule has 0 atom stereocenters. The van der Waals surface area contributed by atoms with Crippen LogP contribution in [0, 0.1) is 0 Å². The fraction of sp³-hybridized carbons (Fsp3) is 0.100. The van der Waals surface area contributed by atoms with Crippen LogP contribution in [0.4, 0.5) is 11.4 Å². The van der Waals surface area contributed by atoms with Crippen molar-refractivity contribution in [1.82, 2.24) is 0 Å². The van der Waals surface area contributed by atoms with Crippen molar-refractivity contribution in [3.05, 3.63) is 78.8 Å². The van der Waals surface area contributed by atoms with Crippen LogP contribution < -0.4 is 10.6 Å². The van der Waals surface area contributed by atoms with E-state index < -0.39 is 21.7 Å². The van der Waals surface area contributed by atoms with E-state index in [1.807, 2.05) is 0 Å². The molecule has 0 spiro atoms. The van der Waals surface area contributed by atoms with Gasteiger partial charge in [-0.1, -0.05) is 24.3 Å². The van der Waals surface area contributed by atoms with Gasteiger partial charge in [-0.15, -0.1) is 0 Å². The summed E-state index contributed by atoms with van der Waals surface area (Å²) >= 11 is 0. The van der Waals surface area contributed by atoms with Crippen molar-refractivity contribution in [1.29, 1.82) is 0 Å². The lowest BCUT2D eigenvalue weighted by Gasteiger charge is -2.09. The highest BCUT2D eigenvalue weighted by Gasteiger charge is 2.16. The summed E-state index contributed by atoms with van der Waals surface area (Å²) in [5.74, 6) is -0.977. The molecule has 0 fully saturated rings. The molecule has 0 saturated heterocycles. The number of hydrogen-bond donors (Lipinski definition) is 2. The highest BCUT2D eigenvalue weighted by Crippen LogP contribution is 2.17. The first-order chi connectivity index (χ1) is 13.4. The molecular weight excluding hydrogens is 380 g/mol. The molecule has 3 rings (SSSR count). The van der Waals surface area contributed by atoms with E-state index in [2.05, 4.69) is 10.6 Å². The zero-order valence-electron chi connectivity index (χ0n) is 14.8. The van der Waals surface area contributed by atoms with Gasteiger partial charge in [0.1, 0.15) is 0 Å². The molecule has 0 radical (unpaired) electrons. The van der Waals surface area contributed by atoms with Gasteiger partial charge >= 0.3 is 0 Å². The molecule has 0 aliphatic heterocycles. The van der Waals surface area contributed by atoms with Gasteiger partial charge in [-0.05, 0) is 42.5 Å². The van der Waals surface area contributed by atoms with Crippen molar-refractivity contribution in [3.63, 3.8) is 0 Å². The van der Waals surface area contributed by atoms with Crippen molar-refractivity contribution >= 4 is 33.0 Å². The number of anilines is 2. The Bertz CT molecular complexity index is 1060. The number of amides is 2. The highest BCUT2D eigenvalue weighted by molar-refractivity contribution is 7.91. The third kappa shape index (κ3) is 5.08. The molecule has 0 aliphatic carbocycles. The Morgan fingerprint density at radius 3 is 2.25 bits per heavy atom. The third-order valence-corrected chi connectivity index (χ3v) is 5.58. The van der Waals surface area contributed by atoms with Crippen LogP contribution in [0.15, 0.2) is 82.3 Å². The third-order valence-electron chi connectivity index (χ3n) is 3.85. The fourth-order valence-electron chi connectivity index (χ4n) is 2.47. The number of benzene rings is 2. The molecule has 2 N–H and O–H groups in total. The van der Waals surface area contributed by atoms with Crippen LogP contribution in [0.5, 0.6) is 0 Å². The molecular formula is C20H18N2O5S. The van der Waals surface area contributed by atoms with Gasteiger partial charge in [-0.25, -0.2) is 8.42 Å². The zero-order valence-corrected chi connectivity index (χ0v) is 15.6. The molecule has 0 bridgehead atoms. The largest absolute Gasteiger partial charge is 0.459 e. The summed E-state index contributed by atoms with van der Waals surface area (Å²) in [6.45, 7) is 0. The normalized spacial score (nSPS) is 11.0. The number of carbonyl (C=O) groups excluding carboxylic acids is 2. The summed E-state index contributed by atoms with van der Waals surface area (Å²) in [6.07, 6.45) is 1.22. The molecule has 8 heteroatoms. The minimum Gasteiger partial charge on any atom is -0.459 e. The Hall–Kier alpha value is -3.39. The Morgan fingerprint density at radius 1 is 0.857 bits per heavy atom. The quantitative estimate of drug-likeness (QED) is 0.635. The van der Waals surface area contributed by atoms with Crippen molar-refractivity contribution in [2.75, 3.05) is 16.4 Å². The second kappa shape index (κ2) is 8.53. The van der Waals surface area contributed by atoms with Crippen LogP contribution in [-0.4, -0.2) is 26.0 Å². The van der Waals surface area contributed by atoms with Gasteiger partial charge in [0, 0.05) is 17.8 Å². The van der Waals surface area contributed by atoms with Crippen molar-refractivity contribution < 1.29 is 22.4 Å². The number of nitrogens with one attached hydrogen (secondary N) is 2. The lowest BCUT2D eigenvalue weighted by atomic mass is 10.2. The number of furan rings is 1. The SMILES string of the molecule is O=C(CCS(=O)(=O)c1ccccc1)Nc1cccc(NC(=O)c2ccco2)c1. The Labute approximate surface area is 162 Å². The maximum atomic E-state index is 12.2. The van der Waals surface area contributed by atoms with E-state index in [1.165, 1.54) is 24.5 Å². The lowest BCUT2D eigenvalue weighted by molar-refractivity contribution is -0.115. The van der Waals surface area contributed by atoms with E-state index in [4.69, 9.17) is 4.42 Å². The average molecular weight is 398 g/mol. The maximum Gasteiger partial charge on any atom is 0.291 e. The van der Waals surface area contributed by atoms with Gasteiger partial charge < -0.3 is 15.1 Å². The fourth-order valence-corrected chi connectivity index (χ4v) is 3.73. The van der Waals surface area contributed by atoms with Gasteiger partial charge in [0.2, 0.25) is 5.91 Å². The van der Waals surface area contributed by atoms with Crippen LogP contribution in [0.2, 0.25) is 0 Å². The first-order valence-corrected chi connectivity index (χ1v) is 10.1. The van der Waals surface area contributed by atoms with Crippen molar-refractivity contribution in [3.8, 4) is 0 Å². The second-order valence-electron chi connectivity index (χ2n) is 5.94. The van der Waals surface area contributed by atoms with Crippen LogP contribution in [-0.2, 0) is 14.6 Å². The Morgan fingerprint density at radius 2 is 1.57 bits per heavy atom. The molecule has 0 unspecified atom stereocenters. The van der Waals surface area contributed by atoms with E-state index in [0.29, 0.717) is 11.4 Å². The Balaban J connectivity index is 1.58. The van der Waals surface area contributed by atoms with Crippen molar-refractivity contribution in [2.24, 2.45) is 0 Å². The van der Waals surface area contributed by atoms with Crippen LogP contribution >= 0.6 is 0 Å². The van der Waals surface area contributed by atoms with Gasteiger partial charge in [-0.2, -0.15) is 0 Å². The number of carbonyl (C=O) groups is 2. The van der Waals surface area contributed by atoms with Crippen LogP contribution in [0.25, 0.3) is 0 Å². The first kappa shape index (κ1) is 19.4. The summed E-state index contributed by atoms with van der Waals surface area (Å²) < 4.78 is 29.5. The molecule has 28 heavy (non-hydrogen) atoms. The molecule has 0 aliphatic rings. The monoisotopic (exact) mass is 398 g/mol. The summed E-state index contributed by atoms with van der Waals surface area (Å²) in [7, 11) is -3.53. The summed E-state index contributed by atoms with van der Waals surface area (Å²) in [5.41, 5.74) is 0.912. The Kier molecular flexibility index (Phi) is 5.90. The van der Waals surface area contributed by atoms with Gasteiger partial charge in [0.05, 0.1) is 16.9 Å². The minimum atomic E-state index is -3.53. The smallest absolute Gasteiger partial charge is 0.291 e. The maximum absolute atomic E-state index is 12.2. The lowest BCUT2D eigenvalue weighted by Crippen LogP contribution is -2.17. The molecule has 144 valence electrons. The van der Waals surface area contributed by atoms with E-state index in [9.17, 15) is 18.0 Å². The molecule has 2 amide bonds. The first-order valence-electron chi connectivity index (χ1n) is 8.47. The summed E-state index contributed by atoms with van der Waals surface area (Å²) in [4.78, 5) is 24.3. The number of hydrogen-bond acceptors (Lipinski definition) is 5. The summed E-state index contributed by atoms with van der Waals surface area (Å²) in [6, 6.07) is 17.7. The van der Waals surface area contributed by atoms with Gasteiger partial charge in [-0.3, -0.25) is 9.59 Å². The molecule has 1 aromatic heterocycles. The summed E-state index contributed by atoms with van der Waals surface area (Å²) in [5, 5.41) is 5.29. The van der Waals surface area contributed by atoms with E-state index in [-0.39, 0.29) is 22.8 Å². The second-order valence-corrected chi connectivity index (χ2v) is 8.05. The predicted octanol–water partition coefficient (Wildman–Crippen LogP) is 3.33. The van der Waals surface area contributed by atoms with Gasteiger partial charge in [0.25, 0.3) is 5.91 Å². The van der Waals surface area contributed by atoms with Gasteiger partial charge in [0.15, 0.2) is 15.6 Å². The zero-order chi connectivity index (χ0) is 20.0. The minimum absolute atomic E-state index is 0.167.